The highest BCUT2D eigenvalue weighted by atomic mass is 32.2. The topological polar surface area (TPSA) is 15.3 Å². The maximum atomic E-state index is 3.61. The van der Waals surface area contributed by atoms with Crippen LogP contribution in [0.4, 0.5) is 0 Å². The summed E-state index contributed by atoms with van der Waals surface area (Å²) >= 11 is 2.12. The number of nitrogens with one attached hydrogen (secondary N) is 1. The van der Waals surface area contributed by atoms with Gasteiger partial charge in [-0.15, -0.1) is 0 Å². The van der Waals surface area contributed by atoms with Crippen LogP contribution in [0.5, 0.6) is 0 Å². The summed E-state index contributed by atoms with van der Waals surface area (Å²) in [7, 11) is 0. The lowest BCUT2D eigenvalue weighted by Crippen LogP contribution is -2.48. The van der Waals surface area contributed by atoms with E-state index in [0.717, 1.165) is 23.8 Å². The van der Waals surface area contributed by atoms with Crippen LogP contribution >= 0.6 is 11.8 Å². The van der Waals surface area contributed by atoms with Crippen LogP contribution in [0.2, 0.25) is 0 Å². The molecule has 0 spiro atoms. The first-order valence-corrected chi connectivity index (χ1v) is 7.95. The molecule has 3 atom stereocenters. The monoisotopic (exact) mass is 258 g/mol. The SMILES string of the molecule is CC(CNC(C)(C)C)CN1CCSC(C)C1C. The average molecular weight is 258 g/mol. The van der Waals surface area contributed by atoms with Crippen molar-refractivity contribution in [3.05, 3.63) is 0 Å². The van der Waals surface area contributed by atoms with Crippen molar-refractivity contribution < 1.29 is 0 Å². The fourth-order valence-electron chi connectivity index (χ4n) is 2.20. The van der Waals surface area contributed by atoms with Crippen molar-refractivity contribution in [3.63, 3.8) is 0 Å². The second-order valence-corrected chi connectivity index (χ2v) is 8.03. The second-order valence-electron chi connectivity index (χ2n) is 6.55. The molecule has 1 fully saturated rings. The largest absolute Gasteiger partial charge is 0.312 e. The molecule has 0 amide bonds. The summed E-state index contributed by atoms with van der Waals surface area (Å²) in [5.41, 5.74) is 0.241. The number of nitrogens with zero attached hydrogens (tertiary/aromatic N) is 1. The quantitative estimate of drug-likeness (QED) is 0.835. The highest BCUT2D eigenvalue weighted by Crippen LogP contribution is 2.24. The summed E-state index contributed by atoms with van der Waals surface area (Å²) in [6.07, 6.45) is 0. The summed E-state index contributed by atoms with van der Waals surface area (Å²) < 4.78 is 0. The molecule has 1 aliphatic heterocycles. The van der Waals surface area contributed by atoms with Crippen LogP contribution in [0.3, 0.4) is 0 Å². The first-order valence-electron chi connectivity index (χ1n) is 6.90. The molecule has 0 radical (unpaired) electrons. The molecule has 0 aliphatic carbocycles. The fourth-order valence-corrected chi connectivity index (χ4v) is 3.36. The summed E-state index contributed by atoms with van der Waals surface area (Å²) in [6, 6.07) is 0.728. The van der Waals surface area contributed by atoms with Crippen molar-refractivity contribution in [1.82, 2.24) is 10.2 Å². The molecule has 1 heterocycles. The smallest absolute Gasteiger partial charge is 0.0184 e. The van der Waals surface area contributed by atoms with Gasteiger partial charge in [-0.3, -0.25) is 4.90 Å². The maximum Gasteiger partial charge on any atom is 0.0184 e. The van der Waals surface area contributed by atoms with E-state index in [2.05, 4.69) is 63.5 Å². The second kappa shape index (κ2) is 6.44. The molecule has 3 heteroatoms. The van der Waals surface area contributed by atoms with Crippen LogP contribution in [-0.2, 0) is 0 Å². The summed E-state index contributed by atoms with van der Waals surface area (Å²) in [4.78, 5) is 2.66. The summed E-state index contributed by atoms with van der Waals surface area (Å²) in [5.74, 6) is 2.03. The third-order valence-corrected chi connectivity index (χ3v) is 4.88. The highest BCUT2D eigenvalue weighted by Gasteiger charge is 2.26. The molecular formula is C14H30N2S. The first-order chi connectivity index (χ1) is 7.79. The lowest BCUT2D eigenvalue weighted by Gasteiger charge is -2.39. The lowest BCUT2D eigenvalue weighted by atomic mass is 10.1. The van der Waals surface area contributed by atoms with Crippen LogP contribution in [0.25, 0.3) is 0 Å². The van der Waals surface area contributed by atoms with E-state index in [9.17, 15) is 0 Å². The Morgan fingerprint density at radius 3 is 2.59 bits per heavy atom. The zero-order valence-electron chi connectivity index (χ0n) is 12.4. The van der Waals surface area contributed by atoms with Crippen LogP contribution in [-0.4, -0.2) is 47.1 Å². The molecule has 1 rings (SSSR count). The van der Waals surface area contributed by atoms with E-state index in [1.807, 2.05) is 0 Å². The van der Waals surface area contributed by atoms with Gasteiger partial charge in [-0.1, -0.05) is 13.8 Å². The van der Waals surface area contributed by atoms with Crippen LogP contribution in [0, 0.1) is 5.92 Å². The Hall–Kier alpha value is 0.270. The Balaban J connectivity index is 2.32. The van der Waals surface area contributed by atoms with Gasteiger partial charge in [0.15, 0.2) is 0 Å². The van der Waals surface area contributed by atoms with Gasteiger partial charge in [0.1, 0.15) is 0 Å². The molecule has 1 N–H and O–H groups in total. The molecule has 0 aromatic carbocycles. The van der Waals surface area contributed by atoms with Gasteiger partial charge in [0.25, 0.3) is 0 Å². The van der Waals surface area contributed by atoms with Crippen LogP contribution in [0.15, 0.2) is 0 Å². The highest BCUT2D eigenvalue weighted by molar-refractivity contribution is 8.00. The molecule has 17 heavy (non-hydrogen) atoms. The third-order valence-electron chi connectivity index (χ3n) is 3.54. The Kier molecular flexibility index (Phi) is 5.81. The number of hydrogen-bond donors (Lipinski definition) is 1. The maximum absolute atomic E-state index is 3.61. The average Bonchev–Trinajstić information content (AvgIpc) is 2.21. The number of rotatable bonds is 4. The van der Waals surface area contributed by atoms with Gasteiger partial charge in [-0.05, 0) is 40.2 Å². The Morgan fingerprint density at radius 2 is 2.00 bits per heavy atom. The minimum Gasteiger partial charge on any atom is -0.312 e. The minimum atomic E-state index is 0.241. The fraction of sp³-hybridized carbons (Fsp3) is 1.00. The van der Waals surface area contributed by atoms with Gasteiger partial charge in [-0.25, -0.2) is 0 Å². The molecule has 0 aromatic rings. The van der Waals surface area contributed by atoms with Crippen molar-refractivity contribution in [3.8, 4) is 0 Å². The first kappa shape index (κ1) is 15.3. The molecule has 0 bridgehead atoms. The zero-order chi connectivity index (χ0) is 13.1. The zero-order valence-corrected chi connectivity index (χ0v) is 13.2. The van der Waals surface area contributed by atoms with Gasteiger partial charge < -0.3 is 5.32 Å². The van der Waals surface area contributed by atoms with Gasteiger partial charge >= 0.3 is 0 Å². The van der Waals surface area contributed by atoms with Crippen LogP contribution < -0.4 is 5.32 Å². The molecular weight excluding hydrogens is 228 g/mol. The Labute approximate surface area is 112 Å². The normalized spacial score (nSPS) is 29.3. The molecule has 102 valence electrons. The van der Waals surface area contributed by atoms with Gasteiger partial charge in [0.2, 0.25) is 0 Å². The van der Waals surface area contributed by atoms with Gasteiger partial charge in [-0.2, -0.15) is 11.8 Å². The van der Waals surface area contributed by atoms with Gasteiger partial charge in [0, 0.05) is 35.7 Å². The van der Waals surface area contributed by atoms with E-state index < -0.39 is 0 Å². The van der Waals surface area contributed by atoms with Crippen molar-refractivity contribution in [2.45, 2.75) is 58.4 Å². The van der Waals surface area contributed by atoms with E-state index in [1.165, 1.54) is 18.8 Å². The Morgan fingerprint density at radius 1 is 1.35 bits per heavy atom. The van der Waals surface area contributed by atoms with Gasteiger partial charge in [0.05, 0.1) is 0 Å². The van der Waals surface area contributed by atoms with E-state index in [1.54, 1.807) is 0 Å². The predicted molar refractivity (Wildman–Crippen MR) is 79.9 cm³/mol. The molecule has 1 aliphatic rings. The molecule has 0 saturated carbocycles. The molecule has 2 nitrogen and oxygen atoms in total. The van der Waals surface area contributed by atoms with E-state index in [0.29, 0.717) is 0 Å². The number of hydrogen-bond acceptors (Lipinski definition) is 3. The van der Waals surface area contributed by atoms with E-state index >= 15 is 0 Å². The van der Waals surface area contributed by atoms with Crippen molar-refractivity contribution >= 4 is 11.8 Å². The predicted octanol–water partition coefficient (Wildman–Crippen LogP) is 2.84. The van der Waals surface area contributed by atoms with E-state index in [4.69, 9.17) is 0 Å². The summed E-state index contributed by atoms with van der Waals surface area (Å²) in [6.45, 7) is 17.4. The van der Waals surface area contributed by atoms with Crippen molar-refractivity contribution in [2.24, 2.45) is 5.92 Å². The van der Waals surface area contributed by atoms with E-state index in [-0.39, 0.29) is 5.54 Å². The lowest BCUT2D eigenvalue weighted by molar-refractivity contribution is 0.180. The molecule has 0 aromatic heterocycles. The Bertz CT molecular complexity index is 225. The summed E-state index contributed by atoms with van der Waals surface area (Å²) in [5, 5.41) is 4.39. The third kappa shape index (κ3) is 5.62. The number of thioether (sulfide) groups is 1. The molecule has 3 unspecified atom stereocenters. The van der Waals surface area contributed by atoms with Crippen molar-refractivity contribution in [2.75, 3.05) is 25.4 Å². The standard InChI is InChI=1S/C14H30N2S/c1-11(9-15-14(4,5)6)10-16-7-8-17-13(3)12(16)2/h11-13,15H,7-10H2,1-6H3. The minimum absolute atomic E-state index is 0.241. The molecule has 1 saturated heterocycles. The van der Waals surface area contributed by atoms with Crippen LogP contribution in [0.1, 0.15) is 41.5 Å². The van der Waals surface area contributed by atoms with Crippen molar-refractivity contribution in [1.29, 1.82) is 0 Å².